The molecule has 0 radical (unpaired) electrons. The van der Waals surface area contributed by atoms with Gasteiger partial charge in [0.25, 0.3) is 0 Å². The van der Waals surface area contributed by atoms with Crippen LogP contribution in [0.25, 0.3) is 11.4 Å². The van der Waals surface area contributed by atoms with Crippen molar-refractivity contribution in [1.82, 2.24) is 19.1 Å². The van der Waals surface area contributed by atoms with Crippen molar-refractivity contribution in [3.05, 3.63) is 85.2 Å². The zero-order valence-electron chi connectivity index (χ0n) is 15.0. The predicted molar refractivity (Wildman–Crippen MR) is 96.9 cm³/mol. The van der Waals surface area contributed by atoms with Gasteiger partial charge in [-0.25, -0.2) is 18.3 Å². The summed E-state index contributed by atoms with van der Waals surface area (Å²) in [6.45, 7) is 1.63. The van der Waals surface area contributed by atoms with Crippen LogP contribution < -0.4 is 9.13 Å². The summed E-state index contributed by atoms with van der Waals surface area (Å²) in [5.41, 5.74) is 4.21. The molecule has 4 heterocycles. The van der Waals surface area contributed by atoms with E-state index in [1.165, 1.54) is 11.1 Å². The van der Waals surface area contributed by atoms with Gasteiger partial charge in [-0.2, -0.15) is 0 Å². The van der Waals surface area contributed by atoms with Crippen LogP contribution in [0.3, 0.4) is 0 Å². The average molecular weight is 346 g/mol. The van der Waals surface area contributed by atoms with E-state index in [4.69, 9.17) is 0 Å². The number of hydrogen-bond acceptors (Lipinski definition) is 2. The molecule has 4 rings (SSSR count). The highest BCUT2D eigenvalue weighted by Gasteiger charge is 2.08. The van der Waals surface area contributed by atoms with Gasteiger partial charge in [0.1, 0.15) is 37.9 Å². The van der Waals surface area contributed by atoms with Gasteiger partial charge < -0.3 is 0 Å². The van der Waals surface area contributed by atoms with Gasteiger partial charge in [0.2, 0.25) is 12.7 Å². The fourth-order valence-electron chi connectivity index (χ4n) is 3.04. The Morgan fingerprint density at radius 1 is 0.769 bits per heavy atom. The van der Waals surface area contributed by atoms with E-state index in [9.17, 15) is 0 Å². The van der Waals surface area contributed by atoms with Crippen LogP contribution >= 0.6 is 0 Å². The minimum Gasteiger partial charge on any atom is -0.255 e. The smallest absolute Gasteiger partial charge is 0.243 e. The molecule has 0 aliphatic carbocycles. The molecule has 0 aliphatic heterocycles. The molecule has 0 atom stereocenters. The third-order valence-electron chi connectivity index (χ3n) is 4.29. The second-order valence-electron chi connectivity index (χ2n) is 6.60. The number of aromatic nitrogens is 6. The summed E-state index contributed by atoms with van der Waals surface area (Å²) in [6, 6.07) is 8.32. The normalized spacial score (nSPS) is 11.0. The monoisotopic (exact) mass is 346 g/mol. The summed E-state index contributed by atoms with van der Waals surface area (Å²) in [7, 11) is 4.04. The van der Waals surface area contributed by atoms with Crippen LogP contribution in [0.15, 0.2) is 74.1 Å². The number of rotatable bonds is 5. The lowest BCUT2D eigenvalue weighted by Gasteiger charge is -2.05. The fraction of sp³-hybridized carbons (Fsp3) is 0.200. The Labute approximate surface area is 152 Å². The largest absolute Gasteiger partial charge is 0.255 e. The van der Waals surface area contributed by atoms with E-state index in [0.29, 0.717) is 0 Å². The molecule has 0 N–H and O–H groups in total. The van der Waals surface area contributed by atoms with Gasteiger partial charge in [-0.3, -0.25) is 9.97 Å². The predicted octanol–water partition coefficient (Wildman–Crippen LogP) is 1.49. The molecule has 4 aromatic heterocycles. The van der Waals surface area contributed by atoms with E-state index < -0.39 is 0 Å². The summed E-state index contributed by atoms with van der Waals surface area (Å²) in [5, 5.41) is 0. The molecule has 0 saturated heterocycles. The minimum absolute atomic E-state index is 0.815. The van der Waals surface area contributed by atoms with E-state index in [1.807, 2.05) is 60.1 Å². The van der Waals surface area contributed by atoms with Crippen LogP contribution in [0.2, 0.25) is 0 Å². The van der Waals surface area contributed by atoms with Crippen LogP contribution in [0.1, 0.15) is 11.1 Å². The molecule has 0 aromatic carbocycles. The summed E-state index contributed by atoms with van der Waals surface area (Å²) in [6.07, 6.45) is 16.0. The number of hydrogen-bond donors (Lipinski definition) is 0. The number of nitrogens with zero attached hydrogens (tertiary/aromatic N) is 6. The van der Waals surface area contributed by atoms with Crippen molar-refractivity contribution in [2.75, 3.05) is 0 Å². The zero-order chi connectivity index (χ0) is 17.9. The van der Waals surface area contributed by atoms with Crippen LogP contribution in [0, 0.1) is 0 Å². The number of imidazole rings is 2. The lowest BCUT2D eigenvalue weighted by molar-refractivity contribution is -0.671. The van der Waals surface area contributed by atoms with Gasteiger partial charge in [-0.05, 0) is 35.4 Å². The topological polar surface area (TPSA) is 43.4 Å². The summed E-state index contributed by atoms with van der Waals surface area (Å²) >= 11 is 0. The molecule has 0 amide bonds. The molecule has 0 aliphatic rings. The first kappa shape index (κ1) is 16.2. The highest BCUT2D eigenvalue weighted by molar-refractivity contribution is 5.55. The van der Waals surface area contributed by atoms with Crippen molar-refractivity contribution >= 4 is 0 Å². The summed E-state index contributed by atoms with van der Waals surface area (Å²) < 4.78 is 8.37. The van der Waals surface area contributed by atoms with Crippen molar-refractivity contribution in [1.29, 1.82) is 0 Å². The van der Waals surface area contributed by atoms with Crippen molar-refractivity contribution in [3.8, 4) is 11.4 Å². The van der Waals surface area contributed by atoms with Crippen LogP contribution in [0.4, 0.5) is 0 Å². The minimum atomic E-state index is 0.815. The third kappa shape index (κ3) is 3.69. The van der Waals surface area contributed by atoms with Gasteiger partial charge in [0.05, 0.1) is 25.5 Å². The van der Waals surface area contributed by atoms with Gasteiger partial charge in [0, 0.05) is 12.4 Å². The molecule has 0 saturated carbocycles. The quantitative estimate of drug-likeness (QED) is 0.514. The van der Waals surface area contributed by atoms with E-state index in [1.54, 1.807) is 0 Å². The molecular formula is C20H22N6+2. The highest BCUT2D eigenvalue weighted by Crippen LogP contribution is 2.17. The molecule has 6 heteroatoms. The first-order chi connectivity index (χ1) is 12.7. The van der Waals surface area contributed by atoms with Gasteiger partial charge in [-0.1, -0.05) is 0 Å². The van der Waals surface area contributed by atoms with E-state index >= 15 is 0 Å². The maximum Gasteiger partial charge on any atom is 0.243 e. The standard InChI is InChI=1S/C20H22N6/c1-23-7-9-25(15-23)13-17-3-5-21-19(11-17)20-12-18(4-6-22-20)14-26-10-8-24(2)16-26/h3-12,15-16H,13-14H2,1-2H3/q+2. The molecule has 0 bridgehead atoms. The van der Waals surface area contributed by atoms with E-state index in [-0.39, 0.29) is 0 Å². The molecule has 26 heavy (non-hydrogen) atoms. The second kappa shape index (κ2) is 6.92. The zero-order valence-corrected chi connectivity index (χ0v) is 15.0. The molecular weight excluding hydrogens is 324 g/mol. The summed E-state index contributed by atoms with van der Waals surface area (Å²) in [4.78, 5) is 9.04. The average Bonchev–Trinajstić information content (AvgIpc) is 3.23. The lowest BCUT2D eigenvalue weighted by atomic mass is 10.1. The van der Waals surface area contributed by atoms with Gasteiger partial charge >= 0.3 is 0 Å². The van der Waals surface area contributed by atoms with Gasteiger partial charge in [0.15, 0.2) is 0 Å². The molecule has 0 unspecified atom stereocenters. The fourth-order valence-corrected chi connectivity index (χ4v) is 3.04. The Hall–Kier alpha value is -3.28. The lowest BCUT2D eigenvalue weighted by Crippen LogP contribution is -2.23. The van der Waals surface area contributed by atoms with E-state index in [0.717, 1.165) is 24.5 Å². The highest BCUT2D eigenvalue weighted by atomic mass is 15.1. The van der Waals surface area contributed by atoms with E-state index in [2.05, 4.69) is 56.3 Å². The first-order valence-electron chi connectivity index (χ1n) is 8.58. The Balaban J connectivity index is 1.57. The molecule has 4 aromatic rings. The molecule has 6 nitrogen and oxygen atoms in total. The van der Waals surface area contributed by atoms with Crippen LogP contribution in [-0.2, 0) is 27.2 Å². The van der Waals surface area contributed by atoms with Crippen LogP contribution in [-0.4, -0.2) is 19.1 Å². The van der Waals surface area contributed by atoms with Crippen molar-refractivity contribution in [3.63, 3.8) is 0 Å². The Bertz CT molecular complexity index is 946. The Kier molecular flexibility index (Phi) is 4.31. The van der Waals surface area contributed by atoms with Crippen molar-refractivity contribution < 1.29 is 9.13 Å². The number of aryl methyl sites for hydroxylation is 2. The SMILES string of the molecule is C[n+]1ccn(Cc2ccnc(-c3cc(Cn4cc[n+](C)c4)ccn3)c2)c1. The third-order valence-corrected chi connectivity index (χ3v) is 4.29. The maximum absolute atomic E-state index is 4.52. The van der Waals surface area contributed by atoms with Crippen molar-refractivity contribution in [2.24, 2.45) is 14.1 Å². The summed E-state index contributed by atoms with van der Waals surface area (Å²) in [5.74, 6) is 0. The van der Waals surface area contributed by atoms with Crippen LogP contribution in [0.5, 0.6) is 0 Å². The molecule has 0 fully saturated rings. The van der Waals surface area contributed by atoms with Gasteiger partial charge in [-0.15, -0.1) is 0 Å². The second-order valence-corrected chi connectivity index (χ2v) is 6.60. The maximum atomic E-state index is 4.52. The first-order valence-corrected chi connectivity index (χ1v) is 8.58. The number of pyridine rings is 2. The molecule has 0 spiro atoms. The Morgan fingerprint density at radius 3 is 1.62 bits per heavy atom. The molecule has 130 valence electrons. The Morgan fingerprint density at radius 2 is 1.23 bits per heavy atom. The van der Waals surface area contributed by atoms with Crippen molar-refractivity contribution in [2.45, 2.75) is 13.1 Å².